The quantitative estimate of drug-likeness (QED) is 0.793. The maximum Gasteiger partial charge on any atom is 0.174 e. The van der Waals surface area contributed by atoms with E-state index in [0.29, 0.717) is 5.11 Å². The lowest BCUT2D eigenvalue weighted by molar-refractivity contribution is 0.263. The molecular weight excluding hydrogens is 318 g/mol. The molecule has 5 heteroatoms. The van der Waals surface area contributed by atoms with Crippen LogP contribution in [0.15, 0.2) is 41.0 Å². The average Bonchev–Trinajstić information content (AvgIpc) is 3.05. The zero-order valence-electron chi connectivity index (χ0n) is 15.2. The van der Waals surface area contributed by atoms with Crippen LogP contribution in [-0.4, -0.2) is 42.1 Å². The van der Waals surface area contributed by atoms with Gasteiger partial charge in [0.2, 0.25) is 0 Å². The molecule has 0 spiro atoms. The molecule has 0 unspecified atom stereocenters. The molecule has 0 fully saturated rings. The number of hydrogen-bond donors (Lipinski definition) is 1. The SMILES string of the molecule is Cc1ccc(NC(=S)N(CCN(C)C)[C@@H](C)c2ccco2)cc1C. The molecule has 4 nitrogen and oxygen atoms in total. The maximum absolute atomic E-state index is 5.69. The average molecular weight is 346 g/mol. The Hall–Kier alpha value is -1.85. The highest BCUT2D eigenvalue weighted by molar-refractivity contribution is 7.80. The molecule has 0 saturated heterocycles. The van der Waals surface area contributed by atoms with E-state index in [9.17, 15) is 0 Å². The van der Waals surface area contributed by atoms with Crippen LogP contribution in [0, 0.1) is 13.8 Å². The van der Waals surface area contributed by atoms with Crippen LogP contribution < -0.4 is 5.32 Å². The van der Waals surface area contributed by atoms with Gasteiger partial charge in [-0.2, -0.15) is 0 Å². The van der Waals surface area contributed by atoms with Crippen LogP contribution in [0.25, 0.3) is 0 Å². The fourth-order valence-electron chi connectivity index (χ4n) is 2.48. The number of anilines is 1. The highest BCUT2D eigenvalue weighted by Crippen LogP contribution is 2.22. The molecule has 0 aliphatic heterocycles. The number of likely N-dealkylation sites (N-methyl/N-ethyl adjacent to an activating group) is 1. The molecule has 1 aromatic heterocycles. The minimum absolute atomic E-state index is 0.0755. The van der Waals surface area contributed by atoms with Gasteiger partial charge in [0, 0.05) is 18.8 Å². The molecule has 0 amide bonds. The second kappa shape index (κ2) is 8.31. The third-order valence-electron chi connectivity index (χ3n) is 4.23. The molecule has 24 heavy (non-hydrogen) atoms. The number of rotatable bonds is 6. The number of nitrogens with zero attached hydrogens (tertiary/aromatic N) is 2. The van der Waals surface area contributed by atoms with E-state index in [4.69, 9.17) is 16.6 Å². The summed E-state index contributed by atoms with van der Waals surface area (Å²) < 4.78 is 5.58. The van der Waals surface area contributed by atoms with E-state index >= 15 is 0 Å². The van der Waals surface area contributed by atoms with E-state index in [0.717, 1.165) is 24.5 Å². The highest BCUT2D eigenvalue weighted by atomic mass is 32.1. The molecule has 0 radical (unpaired) electrons. The summed E-state index contributed by atoms with van der Waals surface area (Å²) in [6.07, 6.45) is 1.70. The molecule has 0 aliphatic carbocycles. The summed E-state index contributed by atoms with van der Waals surface area (Å²) in [6, 6.07) is 10.3. The fourth-order valence-corrected chi connectivity index (χ4v) is 2.84. The summed E-state index contributed by atoms with van der Waals surface area (Å²) in [5.74, 6) is 0.915. The Bertz CT molecular complexity index is 667. The van der Waals surface area contributed by atoms with Gasteiger partial charge in [-0.15, -0.1) is 0 Å². The minimum Gasteiger partial charge on any atom is -0.467 e. The number of aryl methyl sites for hydroxylation is 2. The fraction of sp³-hybridized carbons (Fsp3) is 0.421. The topological polar surface area (TPSA) is 31.6 Å². The molecule has 1 aromatic carbocycles. The largest absolute Gasteiger partial charge is 0.467 e. The first-order chi connectivity index (χ1) is 11.4. The molecule has 0 saturated carbocycles. The highest BCUT2D eigenvalue weighted by Gasteiger charge is 2.21. The van der Waals surface area contributed by atoms with Crippen molar-refractivity contribution in [3.05, 3.63) is 53.5 Å². The third kappa shape index (κ3) is 4.82. The second-order valence-electron chi connectivity index (χ2n) is 6.42. The maximum atomic E-state index is 5.69. The van der Waals surface area contributed by atoms with Crippen molar-refractivity contribution >= 4 is 23.0 Å². The summed E-state index contributed by atoms with van der Waals surface area (Å²) in [7, 11) is 4.13. The van der Waals surface area contributed by atoms with Gasteiger partial charge in [-0.1, -0.05) is 6.07 Å². The Kier molecular flexibility index (Phi) is 6.40. The number of nitrogens with one attached hydrogen (secondary N) is 1. The Labute approximate surface area is 150 Å². The van der Waals surface area contributed by atoms with Crippen molar-refractivity contribution in [3.8, 4) is 0 Å². The van der Waals surface area contributed by atoms with Crippen LogP contribution in [0.5, 0.6) is 0 Å². The van der Waals surface area contributed by atoms with Crippen LogP contribution in [0.4, 0.5) is 5.69 Å². The summed E-state index contributed by atoms with van der Waals surface area (Å²) >= 11 is 5.69. The van der Waals surface area contributed by atoms with E-state index in [1.165, 1.54) is 11.1 Å². The Morgan fingerprint density at radius 1 is 1.17 bits per heavy atom. The molecule has 0 bridgehead atoms. The van der Waals surface area contributed by atoms with Gasteiger partial charge in [-0.3, -0.25) is 0 Å². The van der Waals surface area contributed by atoms with E-state index < -0.39 is 0 Å². The molecule has 130 valence electrons. The van der Waals surface area contributed by atoms with Crippen LogP contribution in [0.1, 0.15) is 29.9 Å². The van der Waals surface area contributed by atoms with Crippen molar-refractivity contribution in [3.63, 3.8) is 0 Å². The Morgan fingerprint density at radius 2 is 1.92 bits per heavy atom. The van der Waals surface area contributed by atoms with Gasteiger partial charge in [-0.05, 0) is 82.5 Å². The molecule has 2 rings (SSSR count). The minimum atomic E-state index is 0.0755. The zero-order valence-corrected chi connectivity index (χ0v) is 16.0. The predicted octanol–water partition coefficient (Wildman–Crippen LogP) is 4.22. The van der Waals surface area contributed by atoms with Crippen molar-refractivity contribution in [2.45, 2.75) is 26.8 Å². The monoisotopic (exact) mass is 345 g/mol. The number of furan rings is 1. The van der Waals surface area contributed by atoms with Crippen molar-refractivity contribution in [2.24, 2.45) is 0 Å². The third-order valence-corrected chi connectivity index (χ3v) is 4.57. The van der Waals surface area contributed by atoms with Gasteiger partial charge in [0.05, 0.1) is 12.3 Å². The summed E-state index contributed by atoms with van der Waals surface area (Å²) in [5.41, 5.74) is 3.55. The lowest BCUT2D eigenvalue weighted by Crippen LogP contribution is -2.40. The van der Waals surface area contributed by atoms with Crippen LogP contribution >= 0.6 is 12.2 Å². The lowest BCUT2D eigenvalue weighted by Gasteiger charge is -2.31. The second-order valence-corrected chi connectivity index (χ2v) is 6.80. The first kappa shape index (κ1) is 18.5. The van der Waals surface area contributed by atoms with Crippen LogP contribution in [0.3, 0.4) is 0 Å². The first-order valence-electron chi connectivity index (χ1n) is 8.21. The smallest absolute Gasteiger partial charge is 0.174 e. The van der Waals surface area contributed by atoms with E-state index in [2.05, 4.69) is 68.2 Å². The summed E-state index contributed by atoms with van der Waals surface area (Å²) in [5, 5.41) is 4.09. The number of benzene rings is 1. The van der Waals surface area contributed by atoms with Gasteiger partial charge < -0.3 is 19.5 Å². The molecule has 1 atom stereocenters. The molecule has 0 aliphatic rings. The number of hydrogen-bond acceptors (Lipinski definition) is 3. The summed E-state index contributed by atoms with van der Waals surface area (Å²) in [4.78, 5) is 4.32. The van der Waals surface area contributed by atoms with Gasteiger partial charge >= 0.3 is 0 Å². The van der Waals surface area contributed by atoms with Crippen molar-refractivity contribution in [2.75, 3.05) is 32.5 Å². The molecule has 1 heterocycles. The van der Waals surface area contributed by atoms with Gasteiger partial charge in [-0.25, -0.2) is 0 Å². The summed E-state index contributed by atoms with van der Waals surface area (Å²) in [6.45, 7) is 8.08. The lowest BCUT2D eigenvalue weighted by atomic mass is 10.1. The standard InChI is InChI=1S/C19H27N3OS/c1-14-8-9-17(13-15(14)2)20-19(24)22(11-10-21(4)5)16(3)18-7-6-12-23-18/h6-9,12-13,16H,10-11H2,1-5H3,(H,20,24)/t16-/m0/s1. The van der Waals surface area contributed by atoms with Crippen molar-refractivity contribution < 1.29 is 4.42 Å². The van der Waals surface area contributed by atoms with E-state index in [1.807, 2.05) is 12.1 Å². The van der Waals surface area contributed by atoms with Gasteiger partial charge in [0.25, 0.3) is 0 Å². The molecule has 1 N–H and O–H groups in total. The Morgan fingerprint density at radius 3 is 2.50 bits per heavy atom. The van der Waals surface area contributed by atoms with Gasteiger partial charge in [0.1, 0.15) is 5.76 Å². The normalized spacial score (nSPS) is 12.2. The van der Waals surface area contributed by atoms with Gasteiger partial charge in [0.15, 0.2) is 5.11 Å². The number of thiocarbonyl (C=S) groups is 1. The van der Waals surface area contributed by atoms with Crippen LogP contribution in [0.2, 0.25) is 0 Å². The molecular formula is C19H27N3OS. The van der Waals surface area contributed by atoms with Crippen LogP contribution in [-0.2, 0) is 0 Å². The predicted molar refractivity (Wildman–Crippen MR) is 105 cm³/mol. The van der Waals surface area contributed by atoms with Crippen molar-refractivity contribution in [1.82, 2.24) is 9.80 Å². The molecule has 2 aromatic rings. The Balaban J connectivity index is 2.15. The van der Waals surface area contributed by atoms with E-state index in [1.54, 1.807) is 6.26 Å². The first-order valence-corrected chi connectivity index (χ1v) is 8.62. The van der Waals surface area contributed by atoms with Crippen molar-refractivity contribution in [1.29, 1.82) is 0 Å². The zero-order chi connectivity index (χ0) is 17.7. The van der Waals surface area contributed by atoms with E-state index in [-0.39, 0.29) is 6.04 Å².